The van der Waals surface area contributed by atoms with Crippen LogP contribution in [0, 0.1) is 0 Å². The second-order valence-corrected chi connectivity index (χ2v) is 5.68. The van der Waals surface area contributed by atoms with Gasteiger partial charge in [-0.3, -0.25) is 4.98 Å². The number of aromatic nitrogens is 4. The molecule has 26 heavy (non-hydrogen) atoms. The zero-order valence-electron chi connectivity index (χ0n) is 12.9. The van der Waals surface area contributed by atoms with Gasteiger partial charge in [-0.15, -0.1) is 0 Å². The molecular formula is C16H10ClF3N4O2. The molecule has 0 spiro atoms. The number of alkyl halides is 3. The second kappa shape index (κ2) is 6.75. The molecular weight excluding hydrogens is 373 g/mol. The van der Waals surface area contributed by atoms with E-state index in [-0.39, 0.29) is 23.0 Å². The van der Waals surface area contributed by atoms with Crippen molar-refractivity contribution in [3.05, 3.63) is 70.4 Å². The number of halogens is 4. The molecule has 0 unspecified atom stereocenters. The van der Waals surface area contributed by atoms with Crippen molar-refractivity contribution in [1.82, 2.24) is 19.7 Å². The maximum Gasteiger partial charge on any atom is 0.433 e. The van der Waals surface area contributed by atoms with Crippen LogP contribution in [0.1, 0.15) is 27.4 Å². The van der Waals surface area contributed by atoms with Crippen LogP contribution in [0.5, 0.6) is 0 Å². The Bertz CT molecular complexity index is 955. The predicted octanol–water partition coefficient (Wildman–Crippen LogP) is 3.62. The second-order valence-electron chi connectivity index (χ2n) is 5.27. The van der Waals surface area contributed by atoms with Crippen LogP contribution in [0.2, 0.25) is 5.02 Å². The first-order valence-electron chi connectivity index (χ1n) is 7.21. The highest BCUT2D eigenvalue weighted by Crippen LogP contribution is 2.27. The van der Waals surface area contributed by atoms with Gasteiger partial charge in [0, 0.05) is 18.8 Å². The summed E-state index contributed by atoms with van der Waals surface area (Å²) in [6.07, 6.45) is -1.90. The fourth-order valence-electron chi connectivity index (χ4n) is 2.27. The van der Waals surface area contributed by atoms with Crippen molar-refractivity contribution in [3.8, 4) is 5.82 Å². The molecule has 3 aromatic rings. The lowest BCUT2D eigenvalue weighted by Gasteiger charge is -2.06. The smallest absolute Gasteiger partial charge is 0.433 e. The third-order valence-electron chi connectivity index (χ3n) is 3.42. The number of aromatic carboxylic acids is 1. The van der Waals surface area contributed by atoms with Crippen molar-refractivity contribution in [2.45, 2.75) is 12.6 Å². The van der Waals surface area contributed by atoms with Crippen LogP contribution >= 0.6 is 11.6 Å². The monoisotopic (exact) mass is 382 g/mol. The van der Waals surface area contributed by atoms with Gasteiger partial charge in [-0.05, 0) is 29.8 Å². The Morgan fingerprint density at radius 3 is 2.58 bits per heavy atom. The van der Waals surface area contributed by atoms with Crippen LogP contribution in [0.25, 0.3) is 5.82 Å². The van der Waals surface area contributed by atoms with Gasteiger partial charge in [0.15, 0.2) is 11.5 Å². The molecule has 0 fully saturated rings. The van der Waals surface area contributed by atoms with Crippen LogP contribution in [-0.4, -0.2) is 30.8 Å². The van der Waals surface area contributed by atoms with Gasteiger partial charge in [0.1, 0.15) is 5.69 Å². The molecule has 0 atom stereocenters. The van der Waals surface area contributed by atoms with Gasteiger partial charge in [-0.25, -0.2) is 14.5 Å². The van der Waals surface area contributed by atoms with Crippen molar-refractivity contribution in [2.75, 3.05) is 0 Å². The number of carboxylic acid groups (broad SMARTS) is 1. The molecule has 6 nitrogen and oxygen atoms in total. The van der Waals surface area contributed by atoms with E-state index in [1.807, 2.05) is 0 Å². The number of nitrogens with zero attached hydrogens (tertiary/aromatic N) is 4. The lowest BCUT2D eigenvalue weighted by atomic mass is 10.1. The van der Waals surface area contributed by atoms with E-state index in [2.05, 4.69) is 15.1 Å². The van der Waals surface area contributed by atoms with E-state index in [0.717, 1.165) is 16.9 Å². The number of hydrogen-bond donors (Lipinski definition) is 1. The summed E-state index contributed by atoms with van der Waals surface area (Å²) in [7, 11) is 0. The quantitative estimate of drug-likeness (QED) is 0.745. The van der Waals surface area contributed by atoms with Crippen LogP contribution in [0.3, 0.4) is 0 Å². The van der Waals surface area contributed by atoms with Crippen molar-refractivity contribution >= 4 is 17.6 Å². The van der Waals surface area contributed by atoms with Crippen LogP contribution in [-0.2, 0) is 12.6 Å². The average Bonchev–Trinajstić information content (AvgIpc) is 2.99. The number of pyridine rings is 2. The molecule has 10 heteroatoms. The van der Waals surface area contributed by atoms with Gasteiger partial charge >= 0.3 is 12.1 Å². The van der Waals surface area contributed by atoms with Gasteiger partial charge in [-0.1, -0.05) is 17.7 Å². The third kappa shape index (κ3) is 3.67. The van der Waals surface area contributed by atoms with E-state index >= 15 is 0 Å². The summed E-state index contributed by atoms with van der Waals surface area (Å²) >= 11 is 6.03. The standard InChI is InChI=1S/C16H10ClF3N4O2/c17-11-2-1-5-21-14(11)24-12(15(25)26)7-10(23-24)6-9-3-4-13(22-8-9)16(18,19)20/h1-5,7-8H,6H2,(H,25,26). The topological polar surface area (TPSA) is 80.9 Å². The highest BCUT2D eigenvalue weighted by molar-refractivity contribution is 6.32. The summed E-state index contributed by atoms with van der Waals surface area (Å²) in [5.41, 5.74) is -0.392. The van der Waals surface area contributed by atoms with Gasteiger partial charge in [0.2, 0.25) is 0 Å². The molecule has 1 N–H and O–H groups in total. The van der Waals surface area contributed by atoms with Gasteiger partial charge < -0.3 is 5.11 Å². The number of carbonyl (C=O) groups is 1. The minimum absolute atomic E-state index is 0.100. The fourth-order valence-corrected chi connectivity index (χ4v) is 2.47. The molecule has 0 saturated heterocycles. The molecule has 0 aliphatic carbocycles. The van der Waals surface area contributed by atoms with Crippen molar-refractivity contribution < 1.29 is 23.1 Å². The Morgan fingerprint density at radius 1 is 1.23 bits per heavy atom. The summed E-state index contributed by atoms with van der Waals surface area (Å²) in [5.74, 6) is -1.10. The summed E-state index contributed by atoms with van der Waals surface area (Å²) in [4.78, 5) is 18.8. The third-order valence-corrected chi connectivity index (χ3v) is 3.71. The number of rotatable bonds is 4. The van der Waals surface area contributed by atoms with Gasteiger partial charge in [-0.2, -0.15) is 18.3 Å². The lowest BCUT2D eigenvalue weighted by Crippen LogP contribution is -2.10. The highest BCUT2D eigenvalue weighted by Gasteiger charge is 2.32. The van der Waals surface area contributed by atoms with Crippen molar-refractivity contribution in [3.63, 3.8) is 0 Å². The highest BCUT2D eigenvalue weighted by atomic mass is 35.5. The minimum atomic E-state index is -4.52. The summed E-state index contributed by atoms with van der Waals surface area (Å²) in [6.45, 7) is 0. The molecule has 0 aliphatic rings. The Balaban J connectivity index is 1.93. The molecule has 0 radical (unpaired) electrons. The Labute approximate surface area is 149 Å². The summed E-state index contributed by atoms with van der Waals surface area (Å²) < 4.78 is 38.7. The van der Waals surface area contributed by atoms with Crippen LogP contribution in [0.15, 0.2) is 42.7 Å². The van der Waals surface area contributed by atoms with E-state index in [9.17, 15) is 23.1 Å². The van der Waals surface area contributed by atoms with Gasteiger partial charge in [0.25, 0.3) is 0 Å². The molecule has 3 heterocycles. The first-order valence-corrected chi connectivity index (χ1v) is 7.59. The molecule has 0 aromatic carbocycles. The van der Waals surface area contributed by atoms with Crippen LogP contribution in [0.4, 0.5) is 13.2 Å². The van der Waals surface area contributed by atoms with E-state index < -0.39 is 17.8 Å². The van der Waals surface area contributed by atoms with E-state index in [0.29, 0.717) is 11.3 Å². The first kappa shape index (κ1) is 17.9. The Hall–Kier alpha value is -2.94. The molecule has 0 bridgehead atoms. The zero-order chi connectivity index (χ0) is 18.9. The zero-order valence-corrected chi connectivity index (χ0v) is 13.7. The summed E-state index contributed by atoms with van der Waals surface area (Å²) in [5, 5.41) is 13.7. The number of hydrogen-bond acceptors (Lipinski definition) is 4. The molecule has 3 aromatic heterocycles. The molecule has 134 valence electrons. The molecule has 0 aliphatic heterocycles. The summed E-state index contributed by atoms with van der Waals surface area (Å²) in [6, 6.07) is 6.56. The largest absolute Gasteiger partial charge is 0.477 e. The van der Waals surface area contributed by atoms with Gasteiger partial charge in [0.05, 0.1) is 10.7 Å². The SMILES string of the molecule is O=C(O)c1cc(Cc2ccc(C(F)(F)F)nc2)nn1-c1ncccc1Cl. The van der Waals surface area contributed by atoms with Crippen LogP contribution < -0.4 is 0 Å². The Morgan fingerprint density at radius 2 is 2.00 bits per heavy atom. The molecule has 0 saturated carbocycles. The maximum absolute atomic E-state index is 12.6. The fraction of sp³-hybridized carbons (Fsp3) is 0.125. The van der Waals surface area contributed by atoms with E-state index in [1.54, 1.807) is 6.07 Å². The minimum Gasteiger partial charge on any atom is -0.477 e. The Kier molecular flexibility index (Phi) is 4.64. The predicted molar refractivity (Wildman–Crippen MR) is 85.4 cm³/mol. The van der Waals surface area contributed by atoms with Crippen molar-refractivity contribution in [2.24, 2.45) is 0 Å². The molecule has 0 amide bonds. The van der Waals surface area contributed by atoms with Crippen molar-refractivity contribution in [1.29, 1.82) is 0 Å². The van der Waals surface area contributed by atoms with E-state index in [4.69, 9.17) is 11.6 Å². The normalized spacial score (nSPS) is 11.5. The van der Waals surface area contributed by atoms with E-state index in [1.165, 1.54) is 24.4 Å². The average molecular weight is 383 g/mol. The first-order chi connectivity index (χ1) is 12.3. The lowest BCUT2D eigenvalue weighted by molar-refractivity contribution is -0.141. The maximum atomic E-state index is 12.6. The number of carboxylic acids is 1. The molecule has 3 rings (SSSR count).